The number of aromatic nitrogens is 1. The Morgan fingerprint density at radius 1 is 1.14 bits per heavy atom. The molecule has 3 rings (SSSR count). The van der Waals surface area contributed by atoms with E-state index in [-0.39, 0.29) is 31.6 Å². The Hall–Kier alpha value is -2.93. The van der Waals surface area contributed by atoms with Gasteiger partial charge >= 0.3 is 5.97 Å². The van der Waals surface area contributed by atoms with Crippen molar-refractivity contribution in [1.82, 2.24) is 9.88 Å². The van der Waals surface area contributed by atoms with E-state index in [1.807, 2.05) is 62.4 Å². The molecule has 0 aliphatic heterocycles. The number of nitrogens with zero attached hydrogens (tertiary/aromatic N) is 2. The predicted octanol–water partition coefficient (Wildman–Crippen LogP) is 4.14. The first-order valence-corrected chi connectivity index (χ1v) is 10.2. The number of hydrogen-bond acceptors (Lipinski definition) is 6. The van der Waals surface area contributed by atoms with Gasteiger partial charge in [-0.2, -0.15) is 0 Å². The van der Waals surface area contributed by atoms with Crippen LogP contribution in [-0.2, 0) is 14.3 Å². The molecule has 2 aromatic carbocycles. The molecule has 1 aromatic heterocycles. The highest BCUT2D eigenvalue weighted by molar-refractivity contribution is 7.18. The fourth-order valence-electron chi connectivity index (χ4n) is 2.65. The number of ether oxygens (including phenoxy) is 2. The van der Waals surface area contributed by atoms with Crippen molar-refractivity contribution in [2.24, 2.45) is 0 Å². The first-order chi connectivity index (χ1) is 13.9. The summed E-state index contributed by atoms with van der Waals surface area (Å²) in [7, 11) is 1.69. The van der Waals surface area contributed by atoms with Gasteiger partial charge in [0.05, 0.1) is 29.3 Å². The van der Waals surface area contributed by atoms with Gasteiger partial charge in [-0.1, -0.05) is 29.8 Å². The van der Waals surface area contributed by atoms with Crippen LogP contribution < -0.4 is 4.74 Å². The van der Waals surface area contributed by atoms with Crippen LogP contribution >= 0.6 is 11.3 Å². The van der Waals surface area contributed by atoms with Crippen LogP contribution in [0.25, 0.3) is 10.2 Å². The molecular formula is C22H24N2O4S. The zero-order chi connectivity index (χ0) is 20.8. The van der Waals surface area contributed by atoms with Gasteiger partial charge < -0.3 is 14.4 Å². The molecular weight excluding hydrogens is 388 g/mol. The monoisotopic (exact) mass is 412 g/mol. The molecule has 6 nitrogen and oxygen atoms in total. The van der Waals surface area contributed by atoms with Gasteiger partial charge in [0.2, 0.25) is 0 Å². The second kappa shape index (κ2) is 9.52. The fraction of sp³-hybridized carbons (Fsp3) is 0.318. The predicted molar refractivity (Wildman–Crippen MR) is 113 cm³/mol. The minimum atomic E-state index is -0.466. The average Bonchev–Trinajstić information content (AvgIpc) is 3.16. The second-order valence-corrected chi connectivity index (χ2v) is 7.83. The molecule has 0 bridgehead atoms. The van der Waals surface area contributed by atoms with Crippen molar-refractivity contribution < 1.29 is 19.1 Å². The van der Waals surface area contributed by atoms with Crippen molar-refractivity contribution in [3.63, 3.8) is 0 Å². The summed E-state index contributed by atoms with van der Waals surface area (Å²) >= 11 is 1.56. The first kappa shape index (κ1) is 20.8. The molecule has 152 valence electrons. The number of hydrogen-bond donors (Lipinski definition) is 0. The lowest BCUT2D eigenvalue weighted by molar-refractivity contribution is -0.152. The van der Waals surface area contributed by atoms with Gasteiger partial charge in [0.25, 0.3) is 5.91 Å². The number of benzene rings is 2. The van der Waals surface area contributed by atoms with E-state index in [0.29, 0.717) is 5.75 Å². The molecule has 1 atom stereocenters. The van der Waals surface area contributed by atoms with E-state index in [0.717, 1.165) is 20.8 Å². The highest BCUT2D eigenvalue weighted by Crippen LogP contribution is 2.28. The number of carbonyl (C=O) groups excluding carboxylic acids is 2. The molecule has 0 fully saturated rings. The van der Waals surface area contributed by atoms with Crippen molar-refractivity contribution >= 4 is 33.4 Å². The van der Waals surface area contributed by atoms with Crippen molar-refractivity contribution in [2.75, 3.05) is 20.3 Å². The van der Waals surface area contributed by atoms with Crippen LogP contribution in [0.5, 0.6) is 5.75 Å². The summed E-state index contributed by atoms with van der Waals surface area (Å²) < 4.78 is 11.7. The maximum Gasteiger partial charge on any atom is 0.309 e. The van der Waals surface area contributed by atoms with Crippen molar-refractivity contribution in [3.8, 4) is 5.75 Å². The Labute approximate surface area is 174 Å². The lowest BCUT2D eigenvalue weighted by Gasteiger charge is -2.23. The highest BCUT2D eigenvalue weighted by atomic mass is 32.1. The Balaban J connectivity index is 1.43. The normalized spacial score (nSPS) is 11.8. The number of para-hydroxylation sites is 1. The standard InChI is InChI=1S/C22H24N2O4S/c1-15-8-10-17(11-9-15)27-13-12-21(26)28-14-20(25)24(3)16(2)22-23-18-6-4-5-7-19(18)29-22/h4-11,16H,12-14H2,1-3H3/t16-/m1/s1. The SMILES string of the molecule is Cc1ccc(OCCC(=O)OCC(=O)N(C)[C@H](C)c2nc3ccccc3s2)cc1. The van der Waals surface area contributed by atoms with Crippen LogP contribution in [-0.4, -0.2) is 42.0 Å². The Morgan fingerprint density at radius 2 is 1.86 bits per heavy atom. The molecule has 0 spiro atoms. The van der Waals surface area contributed by atoms with Gasteiger partial charge in [-0.15, -0.1) is 11.3 Å². The first-order valence-electron chi connectivity index (χ1n) is 9.40. The summed E-state index contributed by atoms with van der Waals surface area (Å²) in [4.78, 5) is 30.4. The number of likely N-dealkylation sites (N-methyl/N-ethyl adjacent to an activating group) is 1. The van der Waals surface area contributed by atoms with Crippen molar-refractivity contribution in [1.29, 1.82) is 0 Å². The average molecular weight is 413 g/mol. The topological polar surface area (TPSA) is 68.7 Å². The second-order valence-electron chi connectivity index (χ2n) is 6.77. The molecule has 3 aromatic rings. The zero-order valence-corrected chi connectivity index (χ0v) is 17.6. The zero-order valence-electron chi connectivity index (χ0n) is 16.8. The molecule has 0 N–H and O–H groups in total. The molecule has 29 heavy (non-hydrogen) atoms. The van der Waals surface area contributed by atoms with E-state index >= 15 is 0 Å². The minimum absolute atomic E-state index is 0.0816. The molecule has 0 aliphatic carbocycles. The summed E-state index contributed by atoms with van der Waals surface area (Å²) in [5.41, 5.74) is 2.06. The van der Waals surface area contributed by atoms with E-state index in [1.165, 1.54) is 0 Å². The van der Waals surface area contributed by atoms with Crippen LogP contribution in [0.15, 0.2) is 48.5 Å². The molecule has 0 radical (unpaired) electrons. The molecule has 0 saturated heterocycles. The highest BCUT2D eigenvalue weighted by Gasteiger charge is 2.21. The smallest absolute Gasteiger partial charge is 0.309 e. The van der Waals surface area contributed by atoms with Crippen molar-refractivity contribution in [2.45, 2.75) is 26.3 Å². The van der Waals surface area contributed by atoms with Crippen LogP contribution in [0, 0.1) is 6.92 Å². The number of thiazole rings is 1. The van der Waals surface area contributed by atoms with Gasteiger partial charge in [-0.05, 0) is 38.1 Å². The minimum Gasteiger partial charge on any atom is -0.493 e. The van der Waals surface area contributed by atoms with E-state index < -0.39 is 5.97 Å². The van der Waals surface area contributed by atoms with E-state index in [4.69, 9.17) is 9.47 Å². The number of fused-ring (bicyclic) bond motifs is 1. The Bertz CT molecular complexity index is 951. The number of rotatable bonds is 8. The third kappa shape index (κ3) is 5.54. The van der Waals surface area contributed by atoms with E-state index in [2.05, 4.69) is 4.98 Å². The maximum absolute atomic E-state index is 12.4. The maximum atomic E-state index is 12.4. The number of aryl methyl sites for hydroxylation is 1. The fourth-order valence-corrected chi connectivity index (χ4v) is 3.72. The molecule has 1 heterocycles. The largest absolute Gasteiger partial charge is 0.493 e. The quantitative estimate of drug-likeness (QED) is 0.520. The van der Waals surface area contributed by atoms with Crippen LogP contribution in [0.4, 0.5) is 0 Å². The van der Waals surface area contributed by atoms with Crippen LogP contribution in [0.2, 0.25) is 0 Å². The lowest BCUT2D eigenvalue weighted by atomic mass is 10.2. The summed E-state index contributed by atoms with van der Waals surface area (Å²) in [5.74, 6) is -0.0417. The Kier molecular flexibility index (Phi) is 6.82. The number of carbonyl (C=O) groups is 2. The summed E-state index contributed by atoms with van der Waals surface area (Å²) in [6.45, 7) is 3.81. The van der Waals surface area contributed by atoms with Crippen molar-refractivity contribution in [3.05, 3.63) is 59.1 Å². The Morgan fingerprint density at radius 3 is 2.59 bits per heavy atom. The lowest BCUT2D eigenvalue weighted by Crippen LogP contribution is -2.33. The summed E-state index contributed by atoms with van der Waals surface area (Å²) in [6, 6.07) is 15.2. The third-order valence-corrected chi connectivity index (χ3v) is 5.80. The van der Waals surface area contributed by atoms with Gasteiger partial charge in [-0.3, -0.25) is 9.59 Å². The van der Waals surface area contributed by atoms with Gasteiger partial charge in [-0.25, -0.2) is 4.98 Å². The number of amides is 1. The van der Waals surface area contributed by atoms with E-state index in [9.17, 15) is 9.59 Å². The third-order valence-electron chi connectivity index (χ3n) is 4.59. The molecule has 0 saturated carbocycles. The van der Waals surface area contributed by atoms with Crippen LogP contribution in [0.3, 0.4) is 0 Å². The molecule has 7 heteroatoms. The number of esters is 1. The summed E-state index contributed by atoms with van der Waals surface area (Å²) in [5, 5.41) is 0.847. The molecule has 0 unspecified atom stereocenters. The summed E-state index contributed by atoms with van der Waals surface area (Å²) in [6.07, 6.45) is 0.0816. The van der Waals surface area contributed by atoms with Gasteiger partial charge in [0.1, 0.15) is 10.8 Å². The molecule has 1 amide bonds. The van der Waals surface area contributed by atoms with Crippen LogP contribution in [0.1, 0.15) is 30.0 Å². The molecule has 0 aliphatic rings. The van der Waals surface area contributed by atoms with Gasteiger partial charge in [0.15, 0.2) is 6.61 Å². The van der Waals surface area contributed by atoms with E-state index in [1.54, 1.807) is 23.3 Å². The van der Waals surface area contributed by atoms with Gasteiger partial charge in [0, 0.05) is 7.05 Å².